The van der Waals surface area contributed by atoms with Crippen LogP contribution in [0.15, 0.2) is 78.2 Å². The van der Waals surface area contributed by atoms with E-state index in [2.05, 4.69) is 55.7 Å². The summed E-state index contributed by atoms with van der Waals surface area (Å²) < 4.78 is 0. The van der Waals surface area contributed by atoms with Crippen molar-refractivity contribution in [1.82, 2.24) is 20.4 Å². The zero-order valence-electron chi connectivity index (χ0n) is 25.5. The number of hydrogen-bond acceptors (Lipinski definition) is 5. The van der Waals surface area contributed by atoms with E-state index in [1.165, 1.54) is 16.9 Å². The second-order valence-corrected chi connectivity index (χ2v) is 13.2. The van der Waals surface area contributed by atoms with E-state index in [1.807, 2.05) is 71.8 Å². The lowest BCUT2D eigenvalue weighted by Crippen LogP contribution is -2.57. The third-order valence-electron chi connectivity index (χ3n) is 8.47. The molecular weight excluding hydrogens is 556 g/mol. The number of thiophene rings is 1. The molecule has 1 aromatic heterocycles. The smallest absolute Gasteiger partial charge is 0.318 e. The van der Waals surface area contributed by atoms with Gasteiger partial charge in [-0.3, -0.25) is 9.59 Å². The molecule has 2 aliphatic rings. The standard InChI is InChI=1S/C35H42N4O3S/c1-5-37-34(42)39-27(18-13-24-10-7-6-8-11-24)30(32(40)28-12-9-23-43-28)29(25-14-16-26(17-15-25)35(2,3)4)31(39)33(41)38-21-19-36-20-22-38/h6-18,23,27,29-31,36H,5,19-22H2,1-4H3,(H,37,42). The van der Waals surface area contributed by atoms with Crippen LogP contribution in [-0.2, 0) is 10.2 Å². The molecule has 2 N–H and O–H groups in total. The minimum atomic E-state index is -0.843. The van der Waals surface area contributed by atoms with Gasteiger partial charge in [0.2, 0.25) is 5.91 Å². The average Bonchev–Trinajstić information content (AvgIpc) is 3.67. The van der Waals surface area contributed by atoms with Crippen LogP contribution in [0.1, 0.15) is 60.0 Å². The van der Waals surface area contributed by atoms with E-state index in [4.69, 9.17) is 0 Å². The van der Waals surface area contributed by atoms with Crippen LogP contribution in [0.5, 0.6) is 0 Å². The fourth-order valence-electron chi connectivity index (χ4n) is 6.27. The number of carbonyl (C=O) groups is 3. The summed E-state index contributed by atoms with van der Waals surface area (Å²) in [5.41, 5.74) is 2.97. The molecule has 3 aromatic rings. The molecular formula is C35H42N4O3S. The summed E-state index contributed by atoms with van der Waals surface area (Å²) in [7, 11) is 0. The highest BCUT2D eigenvalue weighted by atomic mass is 32.1. The number of benzene rings is 2. The lowest BCUT2D eigenvalue weighted by molar-refractivity contribution is -0.136. The van der Waals surface area contributed by atoms with Gasteiger partial charge < -0.3 is 20.4 Å². The van der Waals surface area contributed by atoms with Crippen LogP contribution in [-0.4, -0.2) is 72.3 Å². The summed E-state index contributed by atoms with van der Waals surface area (Å²) in [4.78, 5) is 47.1. The maximum Gasteiger partial charge on any atom is 0.318 e. The lowest BCUT2D eigenvalue weighted by Gasteiger charge is -2.36. The number of Topliss-reactive ketones (excluding diaryl/α,β-unsaturated/α-hetero) is 1. The summed E-state index contributed by atoms with van der Waals surface area (Å²) in [5, 5.41) is 8.18. The second kappa shape index (κ2) is 13.3. The number of nitrogens with one attached hydrogen (secondary N) is 2. The monoisotopic (exact) mass is 598 g/mol. The van der Waals surface area contributed by atoms with Gasteiger partial charge in [0.05, 0.1) is 16.8 Å². The molecule has 3 heterocycles. The molecule has 4 atom stereocenters. The second-order valence-electron chi connectivity index (χ2n) is 12.3. The van der Waals surface area contributed by atoms with Crippen LogP contribution >= 0.6 is 11.3 Å². The molecule has 2 aromatic carbocycles. The van der Waals surface area contributed by atoms with E-state index >= 15 is 0 Å². The van der Waals surface area contributed by atoms with Crippen LogP contribution in [0.25, 0.3) is 6.08 Å². The normalized spacial score (nSPS) is 22.6. The van der Waals surface area contributed by atoms with Gasteiger partial charge in [0.25, 0.3) is 0 Å². The molecule has 43 heavy (non-hydrogen) atoms. The van der Waals surface area contributed by atoms with Crippen molar-refractivity contribution in [3.63, 3.8) is 0 Å². The van der Waals surface area contributed by atoms with Crippen molar-refractivity contribution in [3.05, 3.63) is 99.8 Å². The number of urea groups is 1. The zero-order valence-corrected chi connectivity index (χ0v) is 26.3. The summed E-state index contributed by atoms with van der Waals surface area (Å²) in [6.07, 6.45) is 3.91. The molecule has 2 aliphatic heterocycles. The Labute approximate surface area is 259 Å². The van der Waals surface area contributed by atoms with Gasteiger partial charge in [0, 0.05) is 38.6 Å². The SMILES string of the molecule is CCNC(=O)N1C(C=Cc2ccccc2)C(C(=O)c2cccs2)C(c2ccc(C(C)(C)C)cc2)C1C(=O)N1CCNCC1. The molecule has 0 spiro atoms. The van der Waals surface area contributed by atoms with E-state index in [9.17, 15) is 14.4 Å². The van der Waals surface area contributed by atoms with Crippen molar-refractivity contribution in [2.75, 3.05) is 32.7 Å². The van der Waals surface area contributed by atoms with E-state index in [-0.39, 0.29) is 23.1 Å². The van der Waals surface area contributed by atoms with Gasteiger partial charge >= 0.3 is 6.03 Å². The predicted octanol–water partition coefficient (Wildman–Crippen LogP) is 5.56. The number of rotatable bonds is 7. The minimum absolute atomic E-state index is 0.0486. The van der Waals surface area contributed by atoms with E-state index in [0.29, 0.717) is 37.6 Å². The van der Waals surface area contributed by atoms with E-state index in [1.54, 1.807) is 4.90 Å². The topological polar surface area (TPSA) is 81.8 Å². The van der Waals surface area contributed by atoms with Crippen molar-refractivity contribution >= 4 is 35.1 Å². The molecule has 2 fully saturated rings. The van der Waals surface area contributed by atoms with Crippen molar-refractivity contribution < 1.29 is 14.4 Å². The molecule has 2 saturated heterocycles. The van der Waals surface area contributed by atoms with Crippen LogP contribution in [0.2, 0.25) is 0 Å². The summed E-state index contributed by atoms with van der Waals surface area (Å²) >= 11 is 1.40. The Kier molecular flexibility index (Phi) is 9.47. The fourth-order valence-corrected chi connectivity index (χ4v) is 6.98. The Bertz CT molecular complexity index is 1420. The molecule has 3 amide bonds. The van der Waals surface area contributed by atoms with Gasteiger partial charge in [-0.2, -0.15) is 0 Å². The number of piperazine rings is 1. The molecule has 0 radical (unpaired) electrons. The Hall–Kier alpha value is -3.75. The van der Waals surface area contributed by atoms with Gasteiger partial charge in [-0.05, 0) is 40.5 Å². The highest BCUT2D eigenvalue weighted by Crippen LogP contribution is 2.46. The van der Waals surface area contributed by atoms with Crippen molar-refractivity contribution in [2.24, 2.45) is 5.92 Å². The molecule has 4 unspecified atom stereocenters. The number of likely N-dealkylation sites (tertiary alicyclic amines) is 1. The molecule has 8 heteroatoms. The molecule has 0 saturated carbocycles. The maximum atomic E-state index is 14.5. The molecule has 7 nitrogen and oxygen atoms in total. The van der Waals surface area contributed by atoms with Crippen LogP contribution < -0.4 is 10.6 Å². The Morgan fingerprint density at radius 3 is 2.28 bits per heavy atom. The highest BCUT2D eigenvalue weighted by Gasteiger charge is 2.57. The number of carbonyl (C=O) groups excluding carboxylic acids is 3. The molecule has 5 rings (SSSR count). The number of amides is 3. The Morgan fingerprint density at radius 1 is 0.977 bits per heavy atom. The first-order valence-electron chi connectivity index (χ1n) is 15.2. The van der Waals surface area contributed by atoms with Gasteiger partial charge in [-0.25, -0.2) is 4.79 Å². The van der Waals surface area contributed by atoms with Gasteiger partial charge in [0.15, 0.2) is 5.78 Å². The summed E-state index contributed by atoms with van der Waals surface area (Å²) in [6, 6.07) is 20.0. The number of hydrogen-bond donors (Lipinski definition) is 2. The highest BCUT2D eigenvalue weighted by molar-refractivity contribution is 7.12. The van der Waals surface area contributed by atoms with Crippen molar-refractivity contribution in [2.45, 2.75) is 51.1 Å². The van der Waals surface area contributed by atoms with Gasteiger partial charge in [-0.1, -0.05) is 93.6 Å². The number of ketones is 1. The van der Waals surface area contributed by atoms with E-state index < -0.39 is 23.9 Å². The largest absolute Gasteiger partial charge is 0.338 e. The summed E-state index contributed by atoms with van der Waals surface area (Å²) in [6.45, 7) is 11.3. The third-order valence-corrected chi connectivity index (χ3v) is 9.36. The quantitative estimate of drug-likeness (QED) is 0.349. The van der Waals surface area contributed by atoms with Crippen LogP contribution in [0.4, 0.5) is 4.79 Å². The Morgan fingerprint density at radius 2 is 1.67 bits per heavy atom. The average molecular weight is 599 g/mol. The first-order valence-corrected chi connectivity index (χ1v) is 16.1. The summed E-state index contributed by atoms with van der Waals surface area (Å²) in [5.74, 6) is -1.35. The number of nitrogens with zero attached hydrogens (tertiary/aromatic N) is 2. The van der Waals surface area contributed by atoms with Crippen LogP contribution in [0.3, 0.4) is 0 Å². The maximum absolute atomic E-state index is 14.5. The Balaban J connectivity index is 1.70. The zero-order chi connectivity index (χ0) is 30.6. The molecule has 0 aliphatic carbocycles. The molecule has 0 bridgehead atoms. The fraction of sp³-hybridized carbons (Fsp3) is 0.400. The van der Waals surface area contributed by atoms with Crippen LogP contribution in [0, 0.1) is 5.92 Å². The lowest BCUT2D eigenvalue weighted by atomic mass is 9.77. The van der Waals surface area contributed by atoms with Crippen molar-refractivity contribution in [1.29, 1.82) is 0 Å². The first-order chi connectivity index (χ1) is 20.7. The predicted molar refractivity (Wildman–Crippen MR) is 173 cm³/mol. The minimum Gasteiger partial charge on any atom is -0.338 e. The van der Waals surface area contributed by atoms with Crippen molar-refractivity contribution in [3.8, 4) is 0 Å². The van der Waals surface area contributed by atoms with Gasteiger partial charge in [0.1, 0.15) is 6.04 Å². The third kappa shape index (κ3) is 6.60. The molecule has 226 valence electrons. The first kappa shape index (κ1) is 30.7. The van der Waals surface area contributed by atoms with E-state index in [0.717, 1.165) is 11.1 Å². The van der Waals surface area contributed by atoms with Gasteiger partial charge in [-0.15, -0.1) is 11.3 Å².